The van der Waals surface area contributed by atoms with Crippen LogP contribution in [0.25, 0.3) is 0 Å². The van der Waals surface area contributed by atoms with Crippen LogP contribution >= 0.6 is 12.2 Å². The van der Waals surface area contributed by atoms with E-state index in [1.807, 2.05) is 0 Å². The summed E-state index contributed by atoms with van der Waals surface area (Å²) < 4.78 is 18.3. The third-order valence-corrected chi connectivity index (χ3v) is 3.01. The van der Waals surface area contributed by atoms with Crippen LogP contribution in [0.3, 0.4) is 0 Å². The van der Waals surface area contributed by atoms with Crippen molar-refractivity contribution in [3.05, 3.63) is 35.1 Å². The van der Waals surface area contributed by atoms with Gasteiger partial charge in [-0.25, -0.2) is 4.39 Å². The topological polar surface area (TPSA) is 38.5 Å². The summed E-state index contributed by atoms with van der Waals surface area (Å²) in [4.78, 5) is 2.45. The van der Waals surface area contributed by atoms with E-state index in [0.717, 1.165) is 24.2 Å². The highest BCUT2D eigenvalue weighted by atomic mass is 32.1. The summed E-state index contributed by atoms with van der Waals surface area (Å²) in [6.07, 6.45) is 0. The largest absolute Gasteiger partial charge is 0.389 e. The summed E-state index contributed by atoms with van der Waals surface area (Å²) >= 11 is 4.98. The van der Waals surface area contributed by atoms with E-state index in [1.165, 1.54) is 12.1 Å². The molecule has 0 amide bonds. The van der Waals surface area contributed by atoms with Crippen molar-refractivity contribution >= 4 is 17.2 Å². The SMILES string of the molecule is CCN(CCOC)Cc1cc(F)ccc1C(N)=S. The number of ether oxygens (including phenoxy) is 1. The van der Waals surface area contributed by atoms with Crippen molar-refractivity contribution in [3.8, 4) is 0 Å². The third-order valence-electron chi connectivity index (χ3n) is 2.79. The first-order chi connectivity index (χ1) is 8.58. The van der Waals surface area contributed by atoms with Crippen LogP contribution in [-0.4, -0.2) is 36.7 Å². The fourth-order valence-corrected chi connectivity index (χ4v) is 1.94. The Bertz CT molecular complexity index is 412. The first kappa shape index (κ1) is 15.0. The molecule has 3 nitrogen and oxygen atoms in total. The highest BCUT2D eigenvalue weighted by Gasteiger charge is 2.10. The Labute approximate surface area is 113 Å². The highest BCUT2D eigenvalue weighted by molar-refractivity contribution is 7.80. The average molecular weight is 270 g/mol. The minimum absolute atomic E-state index is 0.271. The quantitative estimate of drug-likeness (QED) is 0.768. The van der Waals surface area contributed by atoms with Crippen LogP contribution in [0.2, 0.25) is 0 Å². The van der Waals surface area contributed by atoms with E-state index >= 15 is 0 Å². The number of hydrogen-bond acceptors (Lipinski definition) is 3. The Morgan fingerprint density at radius 2 is 2.22 bits per heavy atom. The summed E-state index contributed by atoms with van der Waals surface area (Å²) in [5, 5.41) is 0. The molecule has 18 heavy (non-hydrogen) atoms. The summed E-state index contributed by atoms with van der Waals surface area (Å²) in [5.41, 5.74) is 7.21. The van der Waals surface area contributed by atoms with Crippen molar-refractivity contribution in [2.75, 3.05) is 26.8 Å². The number of methoxy groups -OCH3 is 1. The van der Waals surface area contributed by atoms with Gasteiger partial charge in [0.05, 0.1) is 6.61 Å². The highest BCUT2D eigenvalue weighted by Crippen LogP contribution is 2.14. The van der Waals surface area contributed by atoms with Gasteiger partial charge in [0.25, 0.3) is 0 Å². The second kappa shape index (κ2) is 7.41. The minimum Gasteiger partial charge on any atom is -0.389 e. The van der Waals surface area contributed by atoms with Crippen molar-refractivity contribution in [2.24, 2.45) is 5.73 Å². The molecule has 0 saturated heterocycles. The van der Waals surface area contributed by atoms with Crippen LogP contribution in [0, 0.1) is 5.82 Å². The smallest absolute Gasteiger partial charge is 0.123 e. The van der Waals surface area contributed by atoms with Crippen LogP contribution in [0.15, 0.2) is 18.2 Å². The maximum atomic E-state index is 13.3. The molecule has 0 fully saturated rings. The van der Waals surface area contributed by atoms with Crippen molar-refractivity contribution in [2.45, 2.75) is 13.5 Å². The lowest BCUT2D eigenvalue weighted by Gasteiger charge is -2.21. The summed E-state index contributed by atoms with van der Waals surface area (Å²) in [6, 6.07) is 4.50. The Kier molecular flexibility index (Phi) is 6.18. The van der Waals surface area contributed by atoms with Gasteiger partial charge in [-0.2, -0.15) is 0 Å². The second-order valence-electron chi connectivity index (χ2n) is 4.03. The number of likely N-dealkylation sites (N-methyl/N-ethyl adjacent to an activating group) is 1. The Morgan fingerprint density at radius 3 is 2.78 bits per heavy atom. The van der Waals surface area contributed by atoms with Gasteiger partial charge >= 0.3 is 0 Å². The van der Waals surface area contributed by atoms with E-state index in [4.69, 9.17) is 22.7 Å². The van der Waals surface area contributed by atoms with Crippen molar-refractivity contribution < 1.29 is 9.13 Å². The Hall–Kier alpha value is -1.04. The molecule has 0 heterocycles. The van der Waals surface area contributed by atoms with E-state index in [0.29, 0.717) is 18.1 Å². The Balaban J connectivity index is 2.86. The number of halogens is 1. The maximum Gasteiger partial charge on any atom is 0.123 e. The normalized spacial score (nSPS) is 10.9. The predicted octanol–water partition coefficient (Wildman–Crippen LogP) is 1.93. The zero-order valence-corrected chi connectivity index (χ0v) is 11.6. The molecular formula is C13H19FN2OS. The minimum atomic E-state index is -0.271. The molecule has 0 bridgehead atoms. The van der Waals surface area contributed by atoms with Crippen LogP contribution in [0.1, 0.15) is 18.1 Å². The van der Waals surface area contributed by atoms with Gasteiger partial charge in [0.1, 0.15) is 10.8 Å². The van der Waals surface area contributed by atoms with E-state index in [1.54, 1.807) is 13.2 Å². The molecule has 100 valence electrons. The van der Waals surface area contributed by atoms with E-state index in [-0.39, 0.29) is 5.82 Å². The molecule has 1 rings (SSSR count). The monoisotopic (exact) mass is 270 g/mol. The van der Waals surface area contributed by atoms with Crippen LogP contribution in [-0.2, 0) is 11.3 Å². The molecule has 2 N–H and O–H groups in total. The first-order valence-electron chi connectivity index (χ1n) is 5.88. The number of nitrogens with zero attached hydrogens (tertiary/aromatic N) is 1. The molecular weight excluding hydrogens is 251 g/mol. The van der Waals surface area contributed by atoms with Crippen molar-refractivity contribution in [3.63, 3.8) is 0 Å². The average Bonchev–Trinajstić information content (AvgIpc) is 2.34. The van der Waals surface area contributed by atoms with Gasteiger partial charge < -0.3 is 10.5 Å². The van der Waals surface area contributed by atoms with Crippen LogP contribution in [0.5, 0.6) is 0 Å². The number of hydrogen-bond donors (Lipinski definition) is 1. The first-order valence-corrected chi connectivity index (χ1v) is 6.28. The lowest BCUT2D eigenvalue weighted by molar-refractivity contribution is 0.147. The molecule has 0 aromatic heterocycles. The predicted molar refractivity (Wildman–Crippen MR) is 75.1 cm³/mol. The summed E-state index contributed by atoms with van der Waals surface area (Å²) in [5.74, 6) is -0.271. The fraction of sp³-hybridized carbons (Fsp3) is 0.462. The zero-order valence-electron chi connectivity index (χ0n) is 10.8. The molecule has 0 radical (unpaired) electrons. The lowest BCUT2D eigenvalue weighted by atomic mass is 10.1. The molecule has 0 unspecified atom stereocenters. The van der Waals surface area contributed by atoms with Gasteiger partial charge in [-0.05, 0) is 30.3 Å². The zero-order chi connectivity index (χ0) is 13.5. The van der Waals surface area contributed by atoms with E-state index in [9.17, 15) is 4.39 Å². The second-order valence-corrected chi connectivity index (χ2v) is 4.47. The van der Waals surface area contributed by atoms with Crippen LogP contribution in [0.4, 0.5) is 4.39 Å². The summed E-state index contributed by atoms with van der Waals surface area (Å²) in [7, 11) is 1.66. The van der Waals surface area contributed by atoms with Gasteiger partial charge in [0, 0.05) is 25.8 Å². The molecule has 0 saturated carbocycles. The lowest BCUT2D eigenvalue weighted by Crippen LogP contribution is -2.28. The third kappa shape index (κ3) is 4.33. The van der Waals surface area contributed by atoms with Gasteiger partial charge in [0.15, 0.2) is 0 Å². The van der Waals surface area contributed by atoms with Crippen LogP contribution < -0.4 is 5.73 Å². The maximum absolute atomic E-state index is 13.3. The van der Waals surface area contributed by atoms with E-state index in [2.05, 4.69) is 11.8 Å². The van der Waals surface area contributed by atoms with Gasteiger partial charge in [-0.1, -0.05) is 19.1 Å². The fourth-order valence-electron chi connectivity index (χ4n) is 1.74. The molecule has 0 aliphatic carbocycles. The number of nitrogens with two attached hydrogens (primary N) is 1. The standard InChI is InChI=1S/C13H19FN2OS/c1-3-16(6-7-17-2)9-10-8-11(14)4-5-12(10)13(15)18/h4-5,8H,3,6-7,9H2,1-2H3,(H2,15,18). The molecule has 0 aliphatic rings. The summed E-state index contributed by atoms with van der Waals surface area (Å²) in [6.45, 7) is 4.96. The van der Waals surface area contributed by atoms with Gasteiger partial charge in [0.2, 0.25) is 0 Å². The molecule has 0 aliphatic heterocycles. The Morgan fingerprint density at radius 1 is 1.50 bits per heavy atom. The van der Waals surface area contributed by atoms with E-state index < -0.39 is 0 Å². The van der Waals surface area contributed by atoms with Crippen molar-refractivity contribution in [1.82, 2.24) is 4.90 Å². The van der Waals surface area contributed by atoms with Gasteiger partial charge in [-0.3, -0.25) is 4.90 Å². The van der Waals surface area contributed by atoms with Gasteiger partial charge in [-0.15, -0.1) is 0 Å². The molecule has 0 atom stereocenters. The molecule has 0 spiro atoms. The molecule has 1 aromatic rings. The number of rotatable bonds is 7. The molecule has 5 heteroatoms. The number of thiocarbonyl (C=S) groups is 1. The van der Waals surface area contributed by atoms with Crippen molar-refractivity contribution in [1.29, 1.82) is 0 Å². The number of benzene rings is 1. The molecule has 1 aromatic carbocycles.